The van der Waals surface area contributed by atoms with E-state index in [0.717, 1.165) is 25.3 Å². The van der Waals surface area contributed by atoms with Gasteiger partial charge in [0.15, 0.2) is 6.61 Å². The molecule has 1 amide bonds. The molecule has 3 N–H and O–H groups in total. The van der Waals surface area contributed by atoms with Crippen LogP contribution in [0.4, 0.5) is 0 Å². The number of aromatic carboxylic acids is 2. The first kappa shape index (κ1) is 20.5. The van der Waals surface area contributed by atoms with Crippen LogP contribution >= 0.6 is 0 Å². The molecule has 0 aliphatic carbocycles. The number of carbonyl (C=O) groups excluding carboxylic acids is 1. The lowest BCUT2D eigenvalue weighted by atomic mass is 10.0. The maximum Gasteiger partial charge on any atom is 0.335 e. The standard InChI is InChI=1S/C18H25NO6/c1-11(2)5-4-6-12(3)19-16(20)10-25-15-8-13(17(21)22)7-14(9-15)18(23)24/h7-9,11-12H,4-6,10H2,1-3H3,(H,19,20)(H,21,22)(H,23,24)/t12-/m0/s1. The van der Waals surface area contributed by atoms with Gasteiger partial charge >= 0.3 is 11.9 Å². The van der Waals surface area contributed by atoms with Gasteiger partial charge in [0.25, 0.3) is 5.91 Å². The van der Waals surface area contributed by atoms with E-state index in [-0.39, 0.29) is 35.4 Å². The second-order valence-electron chi connectivity index (χ2n) is 6.44. The fraction of sp³-hybridized carbons (Fsp3) is 0.500. The zero-order chi connectivity index (χ0) is 19.0. The van der Waals surface area contributed by atoms with Crippen molar-refractivity contribution in [2.24, 2.45) is 5.92 Å². The fourth-order valence-electron chi connectivity index (χ4n) is 2.30. The highest BCUT2D eigenvalue weighted by Crippen LogP contribution is 2.18. The van der Waals surface area contributed by atoms with Gasteiger partial charge in [-0.05, 0) is 37.5 Å². The van der Waals surface area contributed by atoms with E-state index < -0.39 is 11.9 Å². The normalized spacial score (nSPS) is 11.8. The van der Waals surface area contributed by atoms with Crippen LogP contribution in [0.1, 0.15) is 60.7 Å². The molecule has 7 heteroatoms. The van der Waals surface area contributed by atoms with Crippen molar-refractivity contribution in [3.8, 4) is 5.75 Å². The molecule has 25 heavy (non-hydrogen) atoms. The van der Waals surface area contributed by atoms with Gasteiger partial charge in [0.1, 0.15) is 5.75 Å². The van der Waals surface area contributed by atoms with Crippen LogP contribution in [0.15, 0.2) is 18.2 Å². The summed E-state index contributed by atoms with van der Waals surface area (Å²) in [4.78, 5) is 34.0. The smallest absolute Gasteiger partial charge is 0.335 e. The van der Waals surface area contributed by atoms with Crippen molar-refractivity contribution in [1.82, 2.24) is 5.32 Å². The Morgan fingerprint density at radius 3 is 2.04 bits per heavy atom. The number of ether oxygens (including phenoxy) is 1. The van der Waals surface area contributed by atoms with Gasteiger partial charge in [-0.15, -0.1) is 0 Å². The number of carbonyl (C=O) groups is 3. The highest BCUT2D eigenvalue weighted by atomic mass is 16.5. The van der Waals surface area contributed by atoms with Crippen LogP contribution in [0.3, 0.4) is 0 Å². The number of nitrogens with one attached hydrogen (secondary N) is 1. The molecule has 1 aromatic carbocycles. The zero-order valence-corrected chi connectivity index (χ0v) is 14.7. The molecule has 0 aliphatic rings. The number of amides is 1. The van der Waals surface area contributed by atoms with Gasteiger partial charge in [0.05, 0.1) is 11.1 Å². The van der Waals surface area contributed by atoms with E-state index in [2.05, 4.69) is 19.2 Å². The Morgan fingerprint density at radius 1 is 1.00 bits per heavy atom. The summed E-state index contributed by atoms with van der Waals surface area (Å²) in [6.45, 7) is 5.89. The first-order valence-electron chi connectivity index (χ1n) is 8.23. The van der Waals surface area contributed by atoms with Crippen molar-refractivity contribution >= 4 is 17.8 Å². The predicted octanol–water partition coefficient (Wildman–Crippen LogP) is 2.79. The largest absolute Gasteiger partial charge is 0.484 e. The Balaban J connectivity index is 2.57. The van der Waals surface area contributed by atoms with Crippen LogP contribution in [0.25, 0.3) is 0 Å². The van der Waals surface area contributed by atoms with E-state index in [0.29, 0.717) is 5.92 Å². The molecule has 1 atom stereocenters. The van der Waals surface area contributed by atoms with Gasteiger partial charge in [0.2, 0.25) is 0 Å². The third-order valence-corrected chi connectivity index (χ3v) is 3.60. The van der Waals surface area contributed by atoms with Gasteiger partial charge in [-0.3, -0.25) is 4.79 Å². The van der Waals surface area contributed by atoms with Gasteiger partial charge in [-0.2, -0.15) is 0 Å². The maximum absolute atomic E-state index is 11.9. The summed E-state index contributed by atoms with van der Waals surface area (Å²) < 4.78 is 5.25. The zero-order valence-electron chi connectivity index (χ0n) is 14.7. The number of hydrogen-bond acceptors (Lipinski definition) is 4. The van der Waals surface area contributed by atoms with Crippen LogP contribution in [0.2, 0.25) is 0 Å². The fourth-order valence-corrected chi connectivity index (χ4v) is 2.30. The summed E-state index contributed by atoms with van der Waals surface area (Å²) in [5.74, 6) is -2.22. The monoisotopic (exact) mass is 351 g/mol. The number of rotatable bonds is 10. The number of hydrogen-bond donors (Lipinski definition) is 3. The van der Waals surface area contributed by atoms with Crippen LogP contribution < -0.4 is 10.1 Å². The van der Waals surface area contributed by atoms with Crippen LogP contribution in [-0.2, 0) is 4.79 Å². The molecular weight excluding hydrogens is 326 g/mol. The SMILES string of the molecule is CC(C)CCC[C@H](C)NC(=O)COc1cc(C(=O)O)cc(C(=O)O)c1. The molecule has 0 spiro atoms. The Bertz CT molecular complexity index is 594. The van der Waals surface area contributed by atoms with Crippen LogP contribution in [-0.4, -0.2) is 40.7 Å². The van der Waals surface area contributed by atoms with Crippen molar-refractivity contribution in [3.05, 3.63) is 29.3 Å². The van der Waals surface area contributed by atoms with Crippen molar-refractivity contribution in [2.75, 3.05) is 6.61 Å². The quantitative estimate of drug-likeness (QED) is 0.597. The lowest BCUT2D eigenvalue weighted by Gasteiger charge is -2.15. The summed E-state index contributed by atoms with van der Waals surface area (Å²) in [6.07, 6.45) is 2.97. The van der Waals surface area contributed by atoms with Crippen molar-refractivity contribution in [3.63, 3.8) is 0 Å². The summed E-state index contributed by atoms with van der Waals surface area (Å²) >= 11 is 0. The van der Waals surface area contributed by atoms with Crippen molar-refractivity contribution < 1.29 is 29.3 Å². The topological polar surface area (TPSA) is 113 Å². The van der Waals surface area contributed by atoms with E-state index >= 15 is 0 Å². The van der Waals surface area contributed by atoms with E-state index in [1.807, 2.05) is 6.92 Å². The molecule has 0 radical (unpaired) electrons. The van der Waals surface area contributed by atoms with Gasteiger partial charge in [0, 0.05) is 6.04 Å². The average Bonchev–Trinajstić information content (AvgIpc) is 2.52. The molecule has 7 nitrogen and oxygen atoms in total. The highest BCUT2D eigenvalue weighted by molar-refractivity contribution is 5.94. The minimum Gasteiger partial charge on any atom is -0.484 e. The molecule has 0 fully saturated rings. The molecule has 0 aromatic heterocycles. The first-order valence-corrected chi connectivity index (χ1v) is 8.23. The highest BCUT2D eigenvalue weighted by Gasteiger charge is 2.14. The van der Waals surface area contributed by atoms with Crippen LogP contribution in [0.5, 0.6) is 5.75 Å². The third kappa shape index (κ3) is 7.69. The first-order chi connectivity index (χ1) is 11.7. The number of carboxylic acid groups (broad SMARTS) is 2. The molecule has 0 aliphatic heterocycles. The molecular formula is C18H25NO6. The lowest BCUT2D eigenvalue weighted by Crippen LogP contribution is -2.36. The molecule has 0 heterocycles. The number of carboxylic acids is 2. The van der Waals surface area contributed by atoms with Gasteiger partial charge in [-0.25, -0.2) is 9.59 Å². The minimum absolute atomic E-state index is 0.00906. The molecule has 138 valence electrons. The Labute approximate surface area is 147 Å². The Hall–Kier alpha value is -2.57. The summed E-state index contributed by atoms with van der Waals surface area (Å²) in [6, 6.07) is 3.42. The van der Waals surface area contributed by atoms with Crippen molar-refractivity contribution in [2.45, 2.75) is 46.1 Å². The van der Waals surface area contributed by atoms with Crippen LogP contribution in [0, 0.1) is 5.92 Å². The summed E-state index contributed by atoms with van der Waals surface area (Å²) in [7, 11) is 0. The molecule has 0 unspecified atom stereocenters. The lowest BCUT2D eigenvalue weighted by molar-refractivity contribution is -0.123. The second kappa shape index (κ2) is 9.66. The average molecular weight is 351 g/mol. The van der Waals surface area contributed by atoms with Gasteiger partial charge < -0.3 is 20.3 Å². The Morgan fingerprint density at radius 2 is 1.56 bits per heavy atom. The third-order valence-electron chi connectivity index (χ3n) is 3.60. The second-order valence-corrected chi connectivity index (χ2v) is 6.44. The van der Waals surface area contributed by atoms with E-state index in [1.54, 1.807) is 0 Å². The molecule has 1 rings (SSSR count). The molecule has 0 bridgehead atoms. The van der Waals surface area contributed by atoms with Gasteiger partial charge in [-0.1, -0.05) is 26.7 Å². The van der Waals surface area contributed by atoms with E-state index in [4.69, 9.17) is 14.9 Å². The number of benzene rings is 1. The predicted molar refractivity (Wildman–Crippen MR) is 92.1 cm³/mol. The van der Waals surface area contributed by atoms with E-state index in [9.17, 15) is 14.4 Å². The summed E-state index contributed by atoms with van der Waals surface area (Å²) in [5, 5.41) is 20.8. The molecule has 0 saturated carbocycles. The minimum atomic E-state index is -1.27. The van der Waals surface area contributed by atoms with Crippen molar-refractivity contribution in [1.29, 1.82) is 0 Å². The maximum atomic E-state index is 11.9. The summed E-state index contributed by atoms with van der Waals surface area (Å²) in [5.41, 5.74) is -0.422. The molecule has 1 aromatic rings. The molecule has 0 saturated heterocycles. The Kier molecular flexibility index (Phi) is 7.91. The van der Waals surface area contributed by atoms with E-state index in [1.165, 1.54) is 12.1 Å².